The van der Waals surface area contributed by atoms with E-state index in [-0.39, 0.29) is 34.0 Å². The number of hydrogen-bond acceptors (Lipinski definition) is 22. The van der Waals surface area contributed by atoms with Crippen LogP contribution < -0.4 is 11.5 Å². The lowest BCUT2D eigenvalue weighted by molar-refractivity contribution is -0.0775. The molecule has 0 aromatic carbocycles. The van der Waals surface area contributed by atoms with Gasteiger partial charge in [-0.3, -0.25) is 31.8 Å². The highest BCUT2D eigenvalue weighted by Gasteiger charge is 2.55. The first-order valence-electron chi connectivity index (χ1n) is 15.7. The third-order valence-electron chi connectivity index (χ3n) is 8.14. The summed E-state index contributed by atoms with van der Waals surface area (Å²) in [5, 5.41) is 11.5. The van der Waals surface area contributed by atoms with E-state index in [9.17, 15) is 19.0 Å². The zero-order valence-corrected chi connectivity index (χ0v) is 29.7. The highest BCUT2D eigenvalue weighted by Crippen LogP contribution is 2.57. The summed E-state index contributed by atoms with van der Waals surface area (Å²) in [4.78, 5) is 36.4. The van der Waals surface area contributed by atoms with E-state index in [1.54, 1.807) is 13.8 Å². The number of carbonyl (C=O) groups is 1. The number of phosphoric ester groups is 2. The number of ether oxygens (including phenoxy) is 4. The summed E-state index contributed by atoms with van der Waals surface area (Å²) in [6.07, 6.45) is -10.3. The fraction of sp³-hybridized carbons (Fsp3) is 0.577. The van der Waals surface area contributed by atoms with E-state index < -0.39 is 97.1 Å². The molecule has 5 N–H and O–H groups in total. The molecule has 27 heteroatoms. The summed E-state index contributed by atoms with van der Waals surface area (Å²) >= 11 is 0. The number of aliphatic hydroxyl groups excluding tert-OH is 1. The van der Waals surface area contributed by atoms with Crippen molar-refractivity contribution in [2.45, 2.75) is 69.1 Å². The van der Waals surface area contributed by atoms with Gasteiger partial charge in [0.15, 0.2) is 41.6 Å². The van der Waals surface area contributed by atoms with Gasteiger partial charge in [0.2, 0.25) is 6.79 Å². The predicted octanol–water partition coefficient (Wildman–Crippen LogP) is 1.54. The molecule has 0 radical (unpaired) electrons. The Labute approximate surface area is 297 Å². The van der Waals surface area contributed by atoms with E-state index in [0.29, 0.717) is 0 Å². The number of nitrogens with zero attached hydrogens (tertiary/aromatic N) is 8. The topological polar surface area (TPSA) is 303 Å². The van der Waals surface area contributed by atoms with Gasteiger partial charge in [0.05, 0.1) is 32.0 Å². The Morgan fingerprint density at radius 1 is 0.906 bits per heavy atom. The fourth-order valence-corrected chi connectivity index (χ4v) is 8.07. The van der Waals surface area contributed by atoms with Crippen LogP contribution >= 0.6 is 15.6 Å². The van der Waals surface area contributed by atoms with Crippen LogP contribution in [0.3, 0.4) is 0 Å². The van der Waals surface area contributed by atoms with Crippen LogP contribution in [0.1, 0.15) is 26.3 Å². The number of rotatable bonds is 7. The highest BCUT2D eigenvalue weighted by molar-refractivity contribution is 7.48. The number of alkyl halides is 1. The largest absolute Gasteiger partial charge is 0.510 e. The van der Waals surface area contributed by atoms with E-state index in [2.05, 4.69) is 29.9 Å². The molecule has 24 nitrogen and oxygen atoms in total. The quantitative estimate of drug-likeness (QED) is 0.136. The van der Waals surface area contributed by atoms with Crippen LogP contribution in [0.2, 0.25) is 0 Å². The highest BCUT2D eigenvalue weighted by atomic mass is 31.2. The standard InChI is InChI=1S/C26H33FN10O14P2/c1-11(2)47-26(39)43-10-46-53(41)45-5-13-18(14(27)24(49-13)36-8-34-15-20(28)30-6-32-22(15)36)50-52(40,42-3)44-4-12-17(38)19(51-53)25(48-12)37-9-35-16-21(29)31-7-33-23(16)37/h6-9,11-14,17-19,24-25,38H,4-5,10H2,1-3H3,(H2,28,30,32)(H2,29,31,33)/t12-,13-,14?,17?,18?,19?,24?,25-,52?,53?/m1/s1. The summed E-state index contributed by atoms with van der Waals surface area (Å²) in [5.74, 6) is 0.0243. The number of halogens is 1. The zero-order chi connectivity index (χ0) is 37.7. The van der Waals surface area contributed by atoms with Crippen LogP contribution in [0.15, 0.2) is 25.3 Å². The molecule has 0 spiro atoms. The Hall–Kier alpha value is -4.00. The molecule has 53 heavy (non-hydrogen) atoms. The normalized spacial score (nSPS) is 33.7. The summed E-state index contributed by atoms with van der Waals surface area (Å²) in [6, 6.07) is 0. The van der Waals surface area contributed by atoms with Crippen molar-refractivity contribution >= 4 is 55.8 Å². The first-order chi connectivity index (χ1) is 25.3. The van der Waals surface area contributed by atoms with Crippen LogP contribution in [-0.4, -0.2) is 120 Å². The van der Waals surface area contributed by atoms with Crippen LogP contribution in [0.4, 0.5) is 20.8 Å². The molecule has 0 amide bonds. The zero-order valence-electron chi connectivity index (χ0n) is 27.9. The van der Waals surface area contributed by atoms with Crippen molar-refractivity contribution in [1.82, 2.24) is 39.0 Å². The van der Waals surface area contributed by atoms with Gasteiger partial charge in [0.1, 0.15) is 54.2 Å². The summed E-state index contributed by atoms with van der Waals surface area (Å²) in [7, 11) is -8.72. The van der Waals surface area contributed by atoms with Gasteiger partial charge in [-0.1, -0.05) is 0 Å². The number of aliphatic hydroxyl groups is 1. The number of fused-ring (bicyclic) bond motifs is 5. The maximum Gasteiger partial charge on any atom is 0.510 e. The van der Waals surface area contributed by atoms with Crippen LogP contribution in [-0.2, 0) is 55.2 Å². The number of nitrogen functional groups attached to an aromatic ring is 2. The molecule has 10 atom stereocenters. The van der Waals surface area contributed by atoms with Crippen molar-refractivity contribution in [1.29, 1.82) is 0 Å². The monoisotopic (exact) mass is 790 g/mol. The fourth-order valence-electron chi connectivity index (χ4n) is 5.70. The lowest BCUT2D eigenvalue weighted by Gasteiger charge is -2.27. The average Bonchev–Trinajstić information content (AvgIpc) is 3.88. The Bertz CT molecular complexity index is 2070. The molecule has 4 aromatic rings. The molecule has 288 valence electrons. The number of aromatic nitrogens is 8. The number of nitrogens with two attached hydrogens (primary N) is 2. The number of imidazole rings is 2. The first-order valence-corrected chi connectivity index (χ1v) is 18.6. The Morgan fingerprint density at radius 3 is 2.09 bits per heavy atom. The molecule has 0 saturated carbocycles. The van der Waals surface area contributed by atoms with E-state index in [4.69, 9.17) is 57.6 Å². The number of anilines is 2. The maximum absolute atomic E-state index is 16.4. The van der Waals surface area contributed by atoms with Crippen molar-refractivity contribution in [3.63, 3.8) is 0 Å². The van der Waals surface area contributed by atoms with Gasteiger partial charge in [-0.2, -0.15) is 0 Å². The van der Waals surface area contributed by atoms with Crippen LogP contribution in [0.25, 0.3) is 22.3 Å². The lowest BCUT2D eigenvalue weighted by Crippen LogP contribution is -2.35. The SMILES string of the molecule is COP1(=O)OC[C@H]2O[C@@H](n3cnc4c(N)ncnc43)C(OP(=O)(OCOC(=O)OC(C)C)OC[C@H]3OC(n4cnc5c(N)ncnc54)C(F)C3O1)C2O. The Morgan fingerprint density at radius 2 is 1.47 bits per heavy atom. The summed E-state index contributed by atoms with van der Waals surface area (Å²) in [6.45, 7) is 0.535. The summed E-state index contributed by atoms with van der Waals surface area (Å²) in [5.41, 5.74) is 12.3. The van der Waals surface area contributed by atoms with E-state index in [0.717, 1.165) is 19.8 Å². The van der Waals surface area contributed by atoms with Gasteiger partial charge >= 0.3 is 21.8 Å². The number of phosphoric acid groups is 2. The minimum absolute atomic E-state index is 0.00765. The molecule has 7 unspecified atom stereocenters. The molecule has 7 rings (SSSR count). The third-order valence-corrected chi connectivity index (χ3v) is 10.9. The molecule has 3 aliphatic rings. The Kier molecular flexibility index (Phi) is 10.3. The van der Waals surface area contributed by atoms with E-state index >= 15 is 4.39 Å². The minimum atomic E-state index is -5.02. The second-order valence-electron chi connectivity index (χ2n) is 11.8. The third kappa shape index (κ3) is 7.29. The molecule has 7 heterocycles. The van der Waals surface area contributed by atoms with Gasteiger partial charge < -0.3 is 35.5 Å². The Balaban J connectivity index is 1.24. The predicted molar refractivity (Wildman–Crippen MR) is 171 cm³/mol. The van der Waals surface area contributed by atoms with Crippen LogP contribution in [0, 0.1) is 0 Å². The van der Waals surface area contributed by atoms with E-state index in [1.807, 2.05) is 0 Å². The van der Waals surface area contributed by atoms with Crippen LogP contribution in [0.5, 0.6) is 0 Å². The van der Waals surface area contributed by atoms with Crippen molar-refractivity contribution < 1.29 is 69.5 Å². The minimum Gasteiger partial charge on any atom is -0.432 e. The average molecular weight is 791 g/mol. The second-order valence-corrected chi connectivity index (χ2v) is 15.2. The van der Waals surface area contributed by atoms with Crippen molar-refractivity contribution in [2.24, 2.45) is 0 Å². The first kappa shape index (κ1) is 37.3. The molecular formula is C26H33FN10O14P2. The number of hydrogen-bond donors (Lipinski definition) is 3. The summed E-state index contributed by atoms with van der Waals surface area (Å²) < 4.78 is 102. The van der Waals surface area contributed by atoms with Gasteiger partial charge in [-0.25, -0.2) is 52.7 Å². The smallest absolute Gasteiger partial charge is 0.432 e. The molecule has 0 aliphatic carbocycles. The molecule has 2 bridgehead atoms. The second kappa shape index (κ2) is 14.7. The molecule has 3 fully saturated rings. The van der Waals surface area contributed by atoms with E-state index in [1.165, 1.54) is 21.8 Å². The number of carbonyl (C=O) groups excluding carboxylic acids is 1. The van der Waals surface area contributed by atoms with Gasteiger partial charge in [-0.15, -0.1) is 0 Å². The molecular weight excluding hydrogens is 757 g/mol. The lowest BCUT2D eigenvalue weighted by atomic mass is 10.1. The molecule has 3 saturated heterocycles. The maximum atomic E-state index is 16.4. The molecule has 3 aliphatic heterocycles. The van der Waals surface area contributed by atoms with Crippen molar-refractivity contribution in [3.05, 3.63) is 25.3 Å². The van der Waals surface area contributed by atoms with Gasteiger partial charge in [0.25, 0.3) is 0 Å². The van der Waals surface area contributed by atoms with Gasteiger partial charge in [-0.05, 0) is 13.8 Å². The van der Waals surface area contributed by atoms with Crippen molar-refractivity contribution in [3.8, 4) is 0 Å². The molecule has 4 aromatic heterocycles. The van der Waals surface area contributed by atoms with Gasteiger partial charge in [0, 0.05) is 7.11 Å². The van der Waals surface area contributed by atoms with Crippen molar-refractivity contribution in [2.75, 3.05) is 38.6 Å².